The lowest BCUT2D eigenvalue weighted by molar-refractivity contribution is 0.283. The molecule has 118 valence electrons. The molecule has 0 amide bonds. The highest BCUT2D eigenvalue weighted by Crippen LogP contribution is 2.33. The van der Waals surface area contributed by atoms with Gasteiger partial charge in [0, 0.05) is 41.9 Å². The SMILES string of the molecule is CC(C)NCc1ccc(Br)cc1N(CCCO)C1CCC1. The Morgan fingerprint density at radius 3 is 2.71 bits per heavy atom. The second kappa shape index (κ2) is 8.16. The van der Waals surface area contributed by atoms with Gasteiger partial charge in [0.1, 0.15) is 0 Å². The zero-order chi connectivity index (χ0) is 15.2. The number of hydrogen-bond acceptors (Lipinski definition) is 3. The summed E-state index contributed by atoms with van der Waals surface area (Å²) in [6, 6.07) is 7.68. The second-order valence-electron chi connectivity index (χ2n) is 6.16. The van der Waals surface area contributed by atoms with Gasteiger partial charge in [-0.25, -0.2) is 0 Å². The predicted molar refractivity (Wildman–Crippen MR) is 92.8 cm³/mol. The van der Waals surface area contributed by atoms with Gasteiger partial charge >= 0.3 is 0 Å². The van der Waals surface area contributed by atoms with Crippen molar-refractivity contribution in [3.8, 4) is 0 Å². The normalized spacial score (nSPS) is 15.3. The van der Waals surface area contributed by atoms with Crippen LogP contribution >= 0.6 is 15.9 Å². The van der Waals surface area contributed by atoms with Gasteiger partial charge in [-0.1, -0.05) is 35.8 Å². The third-order valence-corrected chi connectivity index (χ3v) is 4.62. The van der Waals surface area contributed by atoms with E-state index in [4.69, 9.17) is 0 Å². The van der Waals surface area contributed by atoms with E-state index in [9.17, 15) is 5.11 Å². The van der Waals surface area contributed by atoms with Crippen molar-refractivity contribution in [2.75, 3.05) is 18.1 Å². The first-order valence-corrected chi connectivity index (χ1v) is 8.80. The van der Waals surface area contributed by atoms with Crippen molar-refractivity contribution in [2.24, 2.45) is 0 Å². The molecule has 1 aromatic carbocycles. The van der Waals surface area contributed by atoms with Crippen LogP contribution in [0.4, 0.5) is 5.69 Å². The number of benzene rings is 1. The van der Waals surface area contributed by atoms with Crippen LogP contribution in [0.15, 0.2) is 22.7 Å². The highest BCUT2D eigenvalue weighted by molar-refractivity contribution is 9.10. The zero-order valence-corrected chi connectivity index (χ0v) is 14.7. The van der Waals surface area contributed by atoms with Gasteiger partial charge in [-0.3, -0.25) is 0 Å². The highest BCUT2D eigenvalue weighted by atomic mass is 79.9. The number of rotatable bonds is 8. The Hall–Kier alpha value is -0.580. The smallest absolute Gasteiger partial charge is 0.0447 e. The van der Waals surface area contributed by atoms with Crippen LogP contribution in [0.3, 0.4) is 0 Å². The standard InChI is InChI=1S/C17H27BrN2O/c1-13(2)19-12-14-7-8-15(18)11-17(14)20(9-4-10-21)16-5-3-6-16/h7-8,11,13,16,19,21H,3-6,9-10,12H2,1-2H3. The Morgan fingerprint density at radius 2 is 2.14 bits per heavy atom. The molecule has 0 spiro atoms. The van der Waals surface area contributed by atoms with Gasteiger partial charge < -0.3 is 15.3 Å². The molecule has 2 N–H and O–H groups in total. The van der Waals surface area contributed by atoms with Gasteiger partial charge in [0.15, 0.2) is 0 Å². The van der Waals surface area contributed by atoms with E-state index in [2.05, 4.69) is 58.2 Å². The average molecular weight is 355 g/mol. The molecule has 1 aliphatic carbocycles. The number of aliphatic hydroxyl groups excluding tert-OH is 1. The molecule has 0 heterocycles. The lowest BCUT2D eigenvalue weighted by Crippen LogP contribution is -2.42. The van der Waals surface area contributed by atoms with E-state index < -0.39 is 0 Å². The molecule has 4 heteroatoms. The fourth-order valence-corrected chi connectivity index (χ4v) is 3.06. The highest BCUT2D eigenvalue weighted by Gasteiger charge is 2.26. The summed E-state index contributed by atoms with van der Waals surface area (Å²) in [5, 5.41) is 12.7. The maximum atomic E-state index is 9.19. The zero-order valence-electron chi connectivity index (χ0n) is 13.1. The maximum Gasteiger partial charge on any atom is 0.0447 e. The first-order chi connectivity index (χ1) is 10.1. The summed E-state index contributed by atoms with van der Waals surface area (Å²) in [4.78, 5) is 2.50. The fourth-order valence-electron chi connectivity index (χ4n) is 2.71. The number of aliphatic hydroxyl groups is 1. The number of nitrogens with one attached hydrogen (secondary N) is 1. The van der Waals surface area contributed by atoms with Gasteiger partial charge in [0.2, 0.25) is 0 Å². The molecule has 1 aliphatic rings. The van der Waals surface area contributed by atoms with Crippen LogP contribution < -0.4 is 10.2 Å². The van der Waals surface area contributed by atoms with Crippen LogP contribution in [0.2, 0.25) is 0 Å². The van der Waals surface area contributed by atoms with E-state index in [1.165, 1.54) is 30.5 Å². The number of anilines is 1. The molecule has 21 heavy (non-hydrogen) atoms. The van der Waals surface area contributed by atoms with Crippen LogP contribution in [0.1, 0.15) is 45.1 Å². The van der Waals surface area contributed by atoms with E-state index in [1.54, 1.807) is 0 Å². The van der Waals surface area contributed by atoms with E-state index in [0.717, 1.165) is 24.0 Å². The summed E-state index contributed by atoms with van der Waals surface area (Å²) in [5.74, 6) is 0. The Balaban J connectivity index is 2.21. The molecule has 0 bridgehead atoms. The van der Waals surface area contributed by atoms with Gasteiger partial charge in [0.25, 0.3) is 0 Å². The predicted octanol–water partition coefficient (Wildman–Crippen LogP) is 3.69. The molecule has 0 aromatic heterocycles. The summed E-state index contributed by atoms with van der Waals surface area (Å²) in [5.41, 5.74) is 2.66. The van der Waals surface area contributed by atoms with E-state index in [-0.39, 0.29) is 6.61 Å². The minimum absolute atomic E-state index is 0.261. The number of nitrogens with zero attached hydrogens (tertiary/aromatic N) is 1. The lowest BCUT2D eigenvalue weighted by Gasteiger charge is -2.40. The van der Waals surface area contributed by atoms with Crippen molar-refractivity contribution in [1.29, 1.82) is 0 Å². The molecular formula is C17H27BrN2O. The summed E-state index contributed by atoms with van der Waals surface area (Å²) in [6.45, 7) is 6.44. The van der Waals surface area contributed by atoms with Crippen LogP contribution in [-0.2, 0) is 6.54 Å². The quantitative estimate of drug-likeness (QED) is 0.747. The molecule has 0 saturated heterocycles. The fraction of sp³-hybridized carbons (Fsp3) is 0.647. The van der Waals surface area contributed by atoms with Crippen molar-refractivity contribution in [3.63, 3.8) is 0 Å². The largest absolute Gasteiger partial charge is 0.396 e. The molecule has 1 fully saturated rings. The monoisotopic (exact) mass is 354 g/mol. The molecule has 0 atom stereocenters. The van der Waals surface area contributed by atoms with Gasteiger partial charge in [-0.15, -0.1) is 0 Å². The Bertz CT molecular complexity index is 446. The van der Waals surface area contributed by atoms with E-state index >= 15 is 0 Å². The summed E-state index contributed by atoms with van der Waals surface area (Å²) in [7, 11) is 0. The van der Waals surface area contributed by atoms with Crippen LogP contribution in [0.25, 0.3) is 0 Å². The molecule has 0 aliphatic heterocycles. The van der Waals surface area contributed by atoms with E-state index in [1.807, 2.05) is 0 Å². The molecule has 0 radical (unpaired) electrons. The van der Waals surface area contributed by atoms with E-state index in [0.29, 0.717) is 12.1 Å². The minimum atomic E-state index is 0.261. The van der Waals surface area contributed by atoms with Crippen molar-refractivity contribution in [2.45, 2.75) is 58.2 Å². The summed E-state index contributed by atoms with van der Waals surface area (Å²) < 4.78 is 1.12. The maximum absolute atomic E-state index is 9.19. The number of halogens is 1. The summed E-state index contributed by atoms with van der Waals surface area (Å²) in [6.07, 6.45) is 4.71. The third kappa shape index (κ3) is 4.70. The van der Waals surface area contributed by atoms with Gasteiger partial charge in [0.05, 0.1) is 0 Å². The van der Waals surface area contributed by atoms with Crippen molar-refractivity contribution >= 4 is 21.6 Å². The topological polar surface area (TPSA) is 35.5 Å². The lowest BCUT2D eigenvalue weighted by atomic mass is 9.90. The molecule has 2 rings (SSSR count). The van der Waals surface area contributed by atoms with Crippen molar-refractivity contribution in [3.05, 3.63) is 28.2 Å². The van der Waals surface area contributed by atoms with Crippen LogP contribution in [0.5, 0.6) is 0 Å². The summed E-state index contributed by atoms with van der Waals surface area (Å²) >= 11 is 3.61. The van der Waals surface area contributed by atoms with Crippen LogP contribution in [-0.4, -0.2) is 30.3 Å². The first kappa shape index (κ1) is 16.8. The Kier molecular flexibility index (Phi) is 6.52. The van der Waals surface area contributed by atoms with Crippen molar-refractivity contribution < 1.29 is 5.11 Å². The average Bonchev–Trinajstić information content (AvgIpc) is 2.39. The molecular weight excluding hydrogens is 328 g/mol. The second-order valence-corrected chi connectivity index (χ2v) is 7.08. The Morgan fingerprint density at radius 1 is 1.38 bits per heavy atom. The van der Waals surface area contributed by atoms with Crippen molar-refractivity contribution in [1.82, 2.24) is 5.32 Å². The molecule has 3 nitrogen and oxygen atoms in total. The third-order valence-electron chi connectivity index (χ3n) is 4.13. The Labute approximate surface area is 136 Å². The van der Waals surface area contributed by atoms with Gasteiger partial charge in [-0.2, -0.15) is 0 Å². The minimum Gasteiger partial charge on any atom is -0.396 e. The first-order valence-electron chi connectivity index (χ1n) is 8.01. The molecule has 1 saturated carbocycles. The van der Waals surface area contributed by atoms with Crippen LogP contribution in [0, 0.1) is 0 Å². The van der Waals surface area contributed by atoms with Gasteiger partial charge in [-0.05, 0) is 43.4 Å². The molecule has 1 aromatic rings. The number of hydrogen-bond donors (Lipinski definition) is 2. The molecule has 0 unspecified atom stereocenters.